The Morgan fingerprint density at radius 1 is 1.12 bits per heavy atom. The van der Waals surface area contributed by atoms with Crippen molar-refractivity contribution in [3.05, 3.63) is 70.3 Å². The number of aryl methyl sites for hydroxylation is 1. The molecule has 0 saturated carbocycles. The lowest BCUT2D eigenvalue weighted by Gasteiger charge is -2.18. The summed E-state index contributed by atoms with van der Waals surface area (Å²) in [5, 5.41) is 0. The van der Waals surface area contributed by atoms with E-state index in [1.54, 1.807) is 11.6 Å². The van der Waals surface area contributed by atoms with Crippen LogP contribution in [-0.2, 0) is 24.9 Å². The van der Waals surface area contributed by atoms with Crippen molar-refractivity contribution in [3.8, 4) is 0 Å². The molecule has 1 aliphatic carbocycles. The number of imidazole rings is 1. The number of carbonyl (C=O) groups is 1. The maximum absolute atomic E-state index is 12.8. The summed E-state index contributed by atoms with van der Waals surface area (Å²) in [6, 6.07) is 13.8. The molecular weight excluding hydrogens is 428 g/mol. The number of allylic oxidation sites excluding steroid dienone is 1. The topological polar surface area (TPSA) is 69.4 Å². The number of aromatic nitrogens is 3. The average Bonchev–Trinajstić information content (AvgIpc) is 3.45. The van der Waals surface area contributed by atoms with E-state index in [0.717, 1.165) is 28.8 Å². The Morgan fingerprint density at radius 2 is 1.88 bits per heavy atom. The number of ether oxygens (including phenoxy) is 1. The second kappa shape index (κ2) is 8.46. The normalized spacial score (nSPS) is 20.0. The van der Waals surface area contributed by atoms with E-state index in [-0.39, 0.29) is 17.2 Å². The number of amides is 1. The smallest absolute Gasteiger partial charge is 0.410 e. The molecule has 1 aliphatic heterocycles. The van der Waals surface area contributed by atoms with Gasteiger partial charge in [-0.2, -0.15) is 0 Å². The van der Waals surface area contributed by atoms with Crippen molar-refractivity contribution in [2.45, 2.75) is 40.3 Å². The van der Waals surface area contributed by atoms with Gasteiger partial charge in [-0.1, -0.05) is 57.2 Å². The number of nitrogens with zero attached hydrogens (tertiary/aromatic N) is 4. The van der Waals surface area contributed by atoms with Crippen LogP contribution in [0.2, 0.25) is 0 Å². The molecule has 0 spiro atoms. The van der Waals surface area contributed by atoms with Crippen molar-refractivity contribution in [2.24, 2.45) is 24.3 Å². The van der Waals surface area contributed by atoms with Crippen LogP contribution in [0, 0.1) is 17.3 Å². The Bertz CT molecular complexity index is 1310. The van der Waals surface area contributed by atoms with Gasteiger partial charge in [-0.15, -0.1) is 0 Å². The van der Waals surface area contributed by atoms with Gasteiger partial charge in [0.2, 0.25) is 0 Å². The van der Waals surface area contributed by atoms with Gasteiger partial charge in [-0.05, 0) is 41.0 Å². The molecule has 1 fully saturated rings. The zero-order valence-corrected chi connectivity index (χ0v) is 20.3. The molecule has 5 rings (SSSR count). The summed E-state index contributed by atoms with van der Waals surface area (Å²) in [4.78, 5) is 32.1. The highest BCUT2D eigenvalue weighted by Gasteiger charge is 2.39. The van der Waals surface area contributed by atoms with Crippen LogP contribution in [0.3, 0.4) is 0 Å². The minimum atomic E-state index is -0.247. The number of hydrogen-bond acceptors (Lipinski definition) is 4. The van der Waals surface area contributed by atoms with Crippen molar-refractivity contribution >= 4 is 22.8 Å². The van der Waals surface area contributed by atoms with Crippen LogP contribution >= 0.6 is 0 Å². The summed E-state index contributed by atoms with van der Waals surface area (Å²) in [6.45, 7) is 8.69. The van der Waals surface area contributed by atoms with E-state index >= 15 is 0 Å². The molecule has 2 aliphatic rings. The third-order valence-electron chi connectivity index (χ3n) is 6.79. The minimum absolute atomic E-state index is 0.00365. The van der Waals surface area contributed by atoms with E-state index in [4.69, 9.17) is 9.72 Å². The highest BCUT2D eigenvalue weighted by Crippen LogP contribution is 2.41. The Balaban J connectivity index is 1.29. The first-order valence-corrected chi connectivity index (χ1v) is 11.9. The lowest BCUT2D eigenvalue weighted by Crippen LogP contribution is -2.29. The summed E-state index contributed by atoms with van der Waals surface area (Å²) in [6.07, 6.45) is 2.89. The third kappa shape index (κ3) is 4.27. The number of carbonyl (C=O) groups excluding carboxylic acids is 1. The standard InChI is InChI=1S/C27H32N4O3/c1-27(2,3)17-31-23-11-10-22(28-24(23)29(4)25(31)32)19-12-20-14-30(15-21(20)13-19)26(33)34-16-18-8-6-5-7-9-18/h5-12,20-21H,13-17H2,1-4H3. The molecule has 2 unspecified atom stereocenters. The molecule has 1 amide bonds. The quantitative estimate of drug-likeness (QED) is 0.577. The van der Waals surface area contributed by atoms with E-state index in [1.165, 1.54) is 5.57 Å². The first kappa shape index (κ1) is 22.4. The summed E-state index contributed by atoms with van der Waals surface area (Å²) >= 11 is 0. The first-order chi connectivity index (χ1) is 16.2. The molecule has 3 heterocycles. The fourth-order valence-electron chi connectivity index (χ4n) is 5.14. The third-order valence-corrected chi connectivity index (χ3v) is 6.79. The zero-order valence-electron chi connectivity index (χ0n) is 20.3. The molecule has 7 nitrogen and oxygen atoms in total. The maximum Gasteiger partial charge on any atom is 0.410 e. The Morgan fingerprint density at radius 3 is 2.59 bits per heavy atom. The van der Waals surface area contributed by atoms with Gasteiger partial charge in [0.05, 0.1) is 11.2 Å². The van der Waals surface area contributed by atoms with Gasteiger partial charge >= 0.3 is 11.8 Å². The van der Waals surface area contributed by atoms with Crippen LogP contribution in [0.4, 0.5) is 4.79 Å². The predicted octanol–water partition coefficient (Wildman–Crippen LogP) is 4.45. The molecule has 1 aromatic carbocycles. The fourth-order valence-corrected chi connectivity index (χ4v) is 5.14. The summed E-state index contributed by atoms with van der Waals surface area (Å²) in [5.74, 6) is 0.692. The van der Waals surface area contributed by atoms with E-state index in [2.05, 4.69) is 26.8 Å². The molecule has 178 valence electrons. The van der Waals surface area contributed by atoms with Gasteiger partial charge in [0.25, 0.3) is 0 Å². The van der Waals surface area contributed by atoms with E-state index < -0.39 is 0 Å². The fraction of sp³-hybridized carbons (Fsp3) is 0.444. The van der Waals surface area contributed by atoms with E-state index in [0.29, 0.717) is 38.1 Å². The van der Waals surface area contributed by atoms with E-state index in [9.17, 15) is 9.59 Å². The van der Waals surface area contributed by atoms with E-state index in [1.807, 2.05) is 51.9 Å². The number of pyridine rings is 1. The molecular formula is C27H32N4O3. The van der Waals surface area contributed by atoms with Gasteiger partial charge < -0.3 is 9.64 Å². The molecule has 34 heavy (non-hydrogen) atoms. The van der Waals surface area contributed by atoms with Crippen LogP contribution in [0.5, 0.6) is 0 Å². The predicted molar refractivity (Wildman–Crippen MR) is 132 cm³/mol. The molecule has 2 atom stereocenters. The van der Waals surface area contributed by atoms with Crippen LogP contribution < -0.4 is 5.69 Å². The first-order valence-electron chi connectivity index (χ1n) is 11.9. The molecule has 0 N–H and O–H groups in total. The molecule has 0 radical (unpaired) electrons. The summed E-state index contributed by atoms with van der Waals surface area (Å²) in [5.41, 5.74) is 4.67. The van der Waals surface area contributed by atoms with Gasteiger partial charge in [0.1, 0.15) is 6.61 Å². The highest BCUT2D eigenvalue weighted by molar-refractivity contribution is 5.77. The van der Waals surface area contributed by atoms with Gasteiger partial charge in [0.15, 0.2) is 5.65 Å². The second-order valence-electron chi connectivity index (χ2n) is 10.8. The summed E-state index contributed by atoms with van der Waals surface area (Å²) < 4.78 is 8.98. The van der Waals surface area contributed by atoms with Crippen molar-refractivity contribution in [1.82, 2.24) is 19.0 Å². The van der Waals surface area contributed by atoms with Gasteiger partial charge in [-0.3, -0.25) is 9.13 Å². The number of rotatable bonds is 4. The average molecular weight is 461 g/mol. The zero-order chi connectivity index (χ0) is 24.0. The van der Waals surface area contributed by atoms with Crippen LogP contribution in [-0.4, -0.2) is 38.2 Å². The van der Waals surface area contributed by atoms with Crippen molar-refractivity contribution in [2.75, 3.05) is 13.1 Å². The molecule has 3 aromatic rings. The lowest BCUT2D eigenvalue weighted by molar-refractivity contribution is 0.102. The van der Waals surface area contributed by atoms with Crippen molar-refractivity contribution < 1.29 is 9.53 Å². The van der Waals surface area contributed by atoms with Crippen molar-refractivity contribution in [3.63, 3.8) is 0 Å². The number of likely N-dealkylation sites (tertiary alicyclic amines) is 1. The van der Waals surface area contributed by atoms with Crippen LogP contribution in [0.15, 0.2) is 53.3 Å². The SMILES string of the molecule is Cn1c(=O)n(CC(C)(C)C)c2ccc(C3=CC4CN(C(=O)OCc5ccccc5)CC4C3)nc21. The molecule has 2 aromatic heterocycles. The van der Waals surface area contributed by atoms with Crippen LogP contribution in [0.25, 0.3) is 16.7 Å². The molecule has 1 saturated heterocycles. The van der Waals surface area contributed by atoms with Gasteiger partial charge in [-0.25, -0.2) is 14.6 Å². The number of fused-ring (bicyclic) bond motifs is 2. The largest absolute Gasteiger partial charge is 0.445 e. The Labute approximate surface area is 199 Å². The molecule has 0 bridgehead atoms. The number of benzene rings is 1. The monoisotopic (exact) mass is 460 g/mol. The lowest BCUT2D eigenvalue weighted by atomic mass is 9.97. The maximum atomic E-state index is 12.8. The Kier molecular flexibility index (Phi) is 5.58. The van der Waals surface area contributed by atoms with Crippen molar-refractivity contribution in [1.29, 1.82) is 0 Å². The summed E-state index contributed by atoms with van der Waals surface area (Å²) in [7, 11) is 1.79. The second-order valence-corrected chi connectivity index (χ2v) is 10.8. The highest BCUT2D eigenvalue weighted by atomic mass is 16.6. The Hall–Kier alpha value is -3.35. The molecule has 7 heteroatoms. The number of hydrogen-bond donors (Lipinski definition) is 0. The minimum Gasteiger partial charge on any atom is -0.445 e. The van der Waals surface area contributed by atoms with Crippen LogP contribution in [0.1, 0.15) is 38.4 Å². The van der Waals surface area contributed by atoms with Gasteiger partial charge in [0, 0.05) is 32.6 Å².